The zero-order chi connectivity index (χ0) is 22.0. The molecule has 162 valence electrons. The zero-order valence-corrected chi connectivity index (χ0v) is 16.8. The van der Waals surface area contributed by atoms with Crippen molar-refractivity contribution >= 4 is 40.9 Å². The minimum Gasteiger partial charge on any atom is -0.339 e. The number of hydrogen-bond acceptors (Lipinski definition) is 9. The molecule has 2 aromatic rings. The van der Waals surface area contributed by atoms with Crippen LogP contribution in [0.2, 0.25) is 0 Å². The van der Waals surface area contributed by atoms with Gasteiger partial charge in [0.2, 0.25) is 11.9 Å². The highest BCUT2D eigenvalue weighted by Gasteiger charge is 2.33. The van der Waals surface area contributed by atoms with Crippen LogP contribution in [0.5, 0.6) is 0 Å². The Labute approximate surface area is 178 Å². The summed E-state index contributed by atoms with van der Waals surface area (Å²) in [4.78, 5) is 43.2. The van der Waals surface area contributed by atoms with Crippen LogP contribution in [0, 0.1) is 0 Å². The van der Waals surface area contributed by atoms with Crippen molar-refractivity contribution in [2.75, 3.05) is 36.0 Å². The SMILES string of the molecule is O=C1NC(=O)C(=Cc2ccnc(N3CCCN(c4nccc(C(F)(F)F)n4)CC3)n2)S1. The first-order chi connectivity index (χ1) is 14.8. The van der Waals surface area contributed by atoms with Gasteiger partial charge in [0, 0.05) is 38.6 Å². The van der Waals surface area contributed by atoms with Crippen molar-refractivity contribution in [2.45, 2.75) is 12.6 Å². The molecule has 2 aliphatic rings. The fourth-order valence-electron chi connectivity index (χ4n) is 3.13. The van der Waals surface area contributed by atoms with Gasteiger partial charge in [0.1, 0.15) is 5.69 Å². The van der Waals surface area contributed by atoms with E-state index in [1.807, 2.05) is 4.90 Å². The molecule has 0 spiro atoms. The van der Waals surface area contributed by atoms with Gasteiger partial charge in [-0.15, -0.1) is 0 Å². The Bertz CT molecular complexity index is 1050. The van der Waals surface area contributed by atoms with Crippen LogP contribution in [0.4, 0.5) is 29.9 Å². The molecule has 9 nitrogen and oxygen atoms in total. The summed E-state index contributed by atoms with van der Waals surface area (Å²) >= 11 is 0.801. The summed E-state index contributed by atoms with van der Waals surface area (Å²) in [5.41, 5.74) is -0.505. The normalized spacial score (nSPS) is 19.0. The second-order valence-corrected chi connectivity index (χ2v) is 7.72. The van der Waals surface area contributed by atoms with Crippen LogP contribution in [0.15, 0.2) is 29.4 Å². The van der Waals surface area contributed by atoms with E-state index in [-0.39, 0.29) is 10.9 Å². The highest BCUT2D eigenvalue weighted by Crippen LogP contribution is 2.28. The van der Waals surface area contributed by atoms with Gasteiger partial charge in [-0.05, 0) is 36.4 Å². The van der Waals surface area contributed by atoms with E-state index >= 15 is 0 Å². The van der Waals surface area contributed by atoms with E-state index in [9.17, 15) is 22.8 Å². The number of carbonyl (C=O) groups is 2. The standard InChI is InChI=1S/C18H16F3N7O2S/c19-18(20,21)13-3-5-23-16(25-13)28-7-1-6-27(8-9-28)15-22-4-2-11(24-15)10-12-14(29)26-17(30)31-12/h2-5,10H,1,6-9H2,(H,26,29,30). The number of nitrogens with zero attached hydrogens (tertiary/aromatic N) is 6. The van der Waals surface area contributed by atoms with Gasteiger partial charge in [0.15, 0.2) is 0 Å². The van der Waals surface area contributed by atoms with E-state index in [1.54, 1.807) is 17.2 Å². The summed E-state index contributed by atoms with van der Waals surface area (Å²) < 4.78 is 38.8. The lowest BCUT2D eigenvalue weighted by atomic mass is 10.3. The minimum absolute atomic E-state index is 0.0324. The van der Waals surface area contributed by atoms with E-state index in [0.717, 1.165) is 24.0 Å². The van der Waals surface area contributed by atoms with Gasteiger partial charge in [-0.1, -0.05) is 0 Å². The molecular weight excluding hydrogens is 435 g/mol. The Balaban J connectivity index is 1.48. The van der Waals surface area contributed by atoms with Gasteiger partial charge in [-0.2, -0.15) is 13.2 Å². The fourth-order valence-corrected chi connectivity index (χ4v) is 3.79. The number of aromatic nitrogens is 4. The van der Waals surface area contributed by atoms with Crippen molar-refractivity contribution in [3.05, 3.63) is 40.8 Å². The quantitative estimate of drug-likeness (QED) is 0.704. The summed E-state index contributed by atoms with van der Waals surface area (Å²) in [5, 5.41) is 1.75. The molecule has 2 fully saturated rings. The highest BCUT2D eigenvalue weighted by molar-refractivity contribution is 8.18. The number of nitrogens with one attached hydrogen (secondary N) is 1. The average Bonchev–Trinajstić information content (AvgIpc) is 2.93. The largest absolute Gasteiger partial charge is 0.433 e. The molecule has 0 unspecified atom stereocenters. The number of imide groups is 1. The lowest BCUT2D eigenvalue weighted by Gasteiger charge is -2.22. The van der Waals surface area contributed by atoms with Gasteiger partial charge < -0.3 is 9.80 Å². The number of carbonyl (C=O) groups excluding carboxylic acids is 2. The maximum absolute atomic E-state index is 12.9. The number of amides is 2. The van der Waals surface area contributed by atoms with Gasteiger partial charge in [-0.25, -0.2) is 19.9 Å². The van der Waals surface area contributed by atoms with Crippen molar-refractivity contribution in [1.82, 2.24) is 25.3 Å². The molecule has 2 amide bonds. The Morgan fingerprint density at radius 3 is 2.23 bits per heavy atom. The molecule has 2 aromatic heterocycles. The molecule has 4 heterocycles. The first kappa shape index (κ1) is 21.0. The Morgan fingerprint density at radius 2 is 1.61 bits per heavy atom. The molecule has 4 rings (SSSR count). The van der Waals surface area contributed by atoms with E-state index < -0.39 is 23.0 Å². The van der Waals surface area contributed by atoms with Crippen LogP contribution in [0.1, 0.15) is 17.8 Å². The van der Waals surface area contributed by atoms with Crippen LogP contribution in [0.3, 0.4) is 0 Å². The third-order valence-electron chi connectivity index (χ3n) is 4.58. The molecule has 1 N–H and O–H groups in total. The topological polar surface area (TPSA) is 104 Å². The summed E-state index contributed by atoms with van der Waals surface area (Å²) in [6, 6.07) is 2.46. The van der Waals surface area contributed by atoms with Crippen LogP contribution in [-0.2, 0) is 11.0 Å². The monoisotopic (exact) mass is 451 g/mol. The molecule has 0 atom stereocenters. The van der Waals surface area contributed by atoms with Gasteiger partial charge in [0.05, 0.1) is 10.6 Å². The second kappa shape index (κ2) is 8.49. The number of thioether (sulfide) groups is 1. The molecule has 2 aliphatic heterocycles. The minimum atomic E-state index is -4.53. The zero-order valence-electron chi connectivity index (χ0n) is 16.0. The van der Waals surface area contributed by atoms with E-state index in [1.165, 1.54) is 6.08 Å². The molecule has 0 bridgehead atoms. The van der Waals surface area contributed by atoms with Crippen molar-refractivity contribution in [3.63, 3.8) is 0 Å². The lowest BCUT2D eigenvalue weighted by molar-refractivity contribution is -0.141. The number of alkyl halides is 3. The summed E-state index contributed by atoms with van der Waals surface area (Å²) in [5.74, 6) is -0.0115. The molecule has 0 saturated carbocycles. The highest BCUT2D eigenvalue weighted by atomic mass is 32.2. The van der Waals surface area contributed by atoms with E-state index in [0.29, 0.717) is 44.2 Å². The van der Waals surface area contributed by atoms with Crippen LogP contribution in [-0.4, -0.2) is 57.3 Å². The van der Waals surface area contributed by atoms with Crippen molar-refractivity contribution in [3.8, 4) is 0 Å². The molecule has 31 heavy (non-hydrogen) atoms. The third kappa shape index (κ3) is 4.93. The predicted molar refractivity (Wildman–Crippen MR) is 107 cm³/mol. The van der Waals surface area contributed by atoms with Crippen molar-refractivity contribution < 1.29 is 22.8 Å². The maximum Gasteiger partial charge on any atom is 0.433 e. The van der Waals surface area contributed by atoms with Crippen LogP contribution < -0.4 is 15.1 Å². The smallest absolute Gasteiger partial charge is 0.339 e. The van der Waals surface area contributed by atoms with Crippen molar-refractivity contribution in [2.24, 2.45) is 0 Å². The van der Waals surface area contributed by atoms with Crippen molar-refractivity contribution in [1.29, 1.82) is 0 Å². The Hall–Kier alpha value is -3.22. The summed E-state index contributed by atoms with van der Waals surface area (Å²) in [6.45, 7) is 1.92. The van der Waals surface area contributed by atoms with Crippen LogP contribution in [0.25, 0.3) is 6.08 Å². The fraction of sp³-hybridized carbons (Fsp3) is 0.333. The first-order valence-corrected chi connectivity index (χ1v) is 10.1. The average molecular weight is 451 g/mol. The lowest BCUT2D eigenvalue weighted by Crippen LogP contribution is -2.32. The maximum atomic E-state index is 12.9. The van der Waals surface area contributed by atoms with Gasteiger partial charge in [0.25, 0.3) is 11.1 Å². The van der Waals surface area contributed by atoms with E-state index in [2.05, 4.69) is 25.3 Å². The number of anilines is 2. The van der Waals surface area contributed by atoms with Gasteiger partial charge >= 0.3 is 6.18 Å². The molecule has 0 aliphatic carbocycles. The number of rotatable bonds is 3. The van der Waals surface area contributed by atoms with Crippen LogP contribution >= 0.6 is 11.8 Å². The molecular formula is C18H16F3N7O2S. The first-order valence-electron chi connectivity index (χ1n) is 9.27. The number of hydrogen-bond donors (Lipinski definition) is 1. The van der Waals surface area contributed by atoms with Gasteiger partial charge in [-0.3, -0.25) is 14.9 Å². The summed E-state index contributed by atoms with van der Waals surface area (Å²) in [6.07, 6.45) is 0.275. The molecule has 13 heteroatoms. The van der Waals surface area contributed by atoms with E-state index in [4.69, 9.17) is 0 Å². The Morgan fingerprint density at radius 1 is 0.968 bits per heavy atom. The predicted octanol–water partition coefficient (Wildman–Crippen LogP) is 2.33. The number of halogens is 3. The summed E-state index contributed by atoms with van der Waals surface area (Å²) in [7, 11) is 0. The third-order valence-corrected chi connectivity index (χ3v) is 5.39. The molecule has 0 aromatic carbocycles. The Kier molecular flexibility index (Phi) is 5.76. The second-order valence-electron chi connectivity index (χ2n) is 6.70. The molecule has 0 radical (unpaired) electrons. The molecule has 2 saturated heterocycles.